The van der Waals surface area contributed by atoms with Crippen LogP contribution in [0.25, 0.3) is 0 Å². The van der Waals surface area contributed by atoms with Gasteiger partial charge in [-0.25, -0.2) is 8.78 Å². The fourth-order valence-corrected chi connectivity index (χ4v) is 3.21. The zero-order valence-corrected chi connectivity index (χ0v) is 14.6. The Bertz CT molecular complexity index is 765. The summed E-state index contributed by atoms with van der Waals surface area (Å²) in [5.41, 5.74) is 1.76. The smallest absolute Gasteiger partial charge is 0.245 e. The molecule has 1 aromatic heterocycles. The summed E-state index contributed by atoms with van der Waals surface area (Å²) in [4.78, 5) is 13.8. The Hall–Kier alpha value is -2.32. The molecule has 1 atom stereocenters. The summed E-state index contributed by atoms with van der Waals surface area (Å²) in [5, 5.41) is 7.20. The van der Waals surface area contributed by atoms with Crippen LogP contribution in [0.5, 0.6) is 0 Å². The molecule has 1 N–H and O–H groups in total. The number of hydrogen-bond donors (Lipinski definition) is 1. The van der Waals surface area contributed by atoms with E-state index in [9.17, 15) is 13.6 Å². The van der Waals surface area contributed by atoms with E-state index in [2.05, 4.69) is 15.3 Å². The number of aromatic nitrogens is 2. The number of benzene rings is 1. The lowest BCUT2D eigenvalue weighted by atomic mass is 10.1. The maximum Gasteiger partial charge on any atom is 0.245 e. The van der Waals surface area contributed by atoms with E-state index in [4.69, 9.17) is 4.74 Å². The topological polar surface area (TPSA) is 59.4 Å². The SMILES string of the molecule is COCC(=O)NC[C@@H]1CN(Cc2ccc(F)c(F)c2)Cc2ccnn2C1. The monoisotopic (exact) mass is 364 g/mol. The maximum atomic E-state index is 13.5. The van der Waals surface area contributed by atoms with Crippen molar-refractivity contribution in [3.05, 3.63) is 53.4 Å². The standard InChI is InChI=1S/C18H22F2N4O2/c1-26-12-18(25)21-7-14-9-23(11-15-4-5-22-24(15)10-14)8-13-2-3-16(19)17(20)6-13/h2-6,14H,7-12H2,1H3,(H,21,25)/t14-/m1/s1. The van der Waals surface area contributed by atoms with Crippen molar-refractivity contribution in [2.24, 2.45) is 5.92 Å². The average Bonchev–Trinajstić information content (AvgIpc) is 2.96. The number of fused-ring (bicyclic) bond motifs is 1. The highest BCUT2D eigenvalue weighted by Crippen LogP contribution is 2.19. The predicted octanol–water partition coefficient (Wildman–Crippen LogP) is 1.56. The van der Waals surface area contributed by atoms with Gasteiger partial charge >= 0.3 is 0 Å². The Morgan fingerprint density at radius 1 is 1.31 bits per heavy atom. The van der Waals surface area contributed by atoms with Crippen molar-refractivity contribution < 1.29 is 18.3 Å². The van der Waals surface area contributed by atoms with Gasteiger partial charge in [-0.15, -0.1) is 0 Å². The van der Waals surface area contributed by atoms with Gasteiger partial charge in [-0.3, -0.25) is 14.4 Å². The third-order valence-corrected chi connectivity index (χ3v) is 4.39. The Morgan fingerprint density at radius 3 is 2.92 bits per heavy atom. The van der Waals surface area contributed by atoms with E-state index < -0.39 is 11.6 Å². The summed E-state index contributed by atoms with van der Waals surface area (Å²) in [6.07, 6.45) is 1.75. The molecule has 1 amide bonds. The number of nitrogens with zero attached hydrogens (tertiary/aromatic N) is 3. The zero-order valence-electron chi connectivity index (χ0n) is 14.6. The Morgan fingerprint density at radius 2 is 2.15 bits per heavy atom. The molecule has 2 aromatic rings. The molecule has 1 aliphatic heterocycles. The third kappa shape index (κ3) is 4.64. The van der Waals surface area contributed by atoms with Crippen molar-refractivity contribution in [1.82, 2.24) is 20.0 Å². The summed E-state index contributed by atoms with van der Waals surface area (Å²) >= 11 is 0. The highest BCUT2D eigenvalue weighted by Gasteiger charge is 2.23. The van der Waals surface area contributed by atoms with Crippen LogP contribution >= 0.6 is 0 Å². The lowest BCUT2D eigenvalue weighted by molar-refractivity contribution is -0.124. The second-order valence-corrected chi connectivity index (χ2v) is 6.53. The normalized spacial score (nSPS) is 17.6. The summed E-state index contributed by atoms with van der Waals surface area (Å²) in [5.74, 6) is -1.71. The quantitative estimate of drug-likeness (QED) is 0.845. The third-order valence-electron chi connectivity index (χ3n) is 4.39. The van der Waals surface area contributed by atoms with E-state index in [1.807, 2.05) is 10.7 Å². The van der Waals surface area contributed by atoms with Gasteiger partial charge < -0.3 is 10.1 Å². The Balaban J connectivity index is 1.70. The molecule has 0 spiro atoms. The first-order valence-corrected chi connectivity index (χ1v) is 8.47. The highest BCUT2D eigenvalue weighted by molar-refractivity contribution is 5.77. The minimum atomic E-state index is -0.846. The van der Waals surface area contributed by atoms with Crippen molar-refractivity contribution in [3.63, 3.8) is 0 Å². The van der Waals surface area contributed by atoms with Gasteiger partial charge in [0.1, 0.15) is 6.61 Å². The van der Waals surface area contributed by atoms with Gasteiger partial charge in [0, 0.05) is 51.9 Å². The van der Waals surface area contributed by atoms with Crippen molar-refractivity contribution in [2.75, 3.05) is 26.8 Å². The molecule has 140 valence electrons. The lowest BCUT2D eigenvalue weighted by Crippen LogP contribution is -2.37. The fourth-order valence-electron chi connectivity index (χ4n) is 3.21. The van der Waals surface area contributed by atoms with Crippen molar-refractivity contribution >= 4 is 5.91 Å². The van der Waals surface area contributed by atoms with Gasteiger partial charge in [0.2, 0.25) is 5.91 Å². The molecule has 0 fully saturated rings. The number of nitrogens with one attached hydrogen (secondary N) is 1. The van der Waals surface area contributed by atoms with Crippen molar-refractivity contribution in [3.8, 4) is 0 Å². The molecule has 0 radical (unpaired) electrons. The van der Waals surface area contributed by atoms with E-state index in [1.165, 1.54) is 13.2 Å². The van der Waals surface area contributed by atoms with Crippen LogP contribution in [-0.4, -0.2) is 47.4 Å². The summed E-state index contributed by atoms with van der Waals surface area (Å²) in [6, 6.07) is 5.92. The van der Waals surface area contributed by atoms with Gasteiger partial charge in [-0.05, 0) is 23.8 Å². The van der Waals surface area contributed by atoms with E-state index in [0.717, 1.165) is 11.8 Å². The van der Waals surface area contributed by atoms with E-state index >= 15 is 0 Å². The molecule has 26 heavy (non-hydrogen) atoms. The molecular weight excluding hydrogens is 342 g/mol. The average molecular weight is 364 g/mol. The van der Waals surface area contributed by atoms with Crippen LogP contribution in [0.1, 0.15) is 11.3 Å². The molecule has 8 heteroatoms. The van der Waals surface area contributed by atoms with Crippen LogP contribution in [0.15, 0.2) is 30.5 Å². The molecular formula is C18H22F2N4O2. The molecule has 3 rings (SSSR count). The second kappa shape index (κ2) is 8.37. The molecule has 6 nitrogen and oxygen atoms in total. The van der Waals surface area contributed by atoms with Gasteiger partial charge in [0.25, 0.3) is 0 Å². The van der Waals surface area contributed by atoms with Crippen LogP contribution in [0, 0.1) is 17.6 Å². The van der Waals surface area contributed by atoms with Gasteiger partial charge in [0.15, 0.2) is 11.6 Å². The van der Waals surface area contributed by atoms with E-state index in [0.29, 0.717) is 38.3 Å². The zero-order chi connectivity index (χ0) is 18.5. The fraction of sp³-hybridized carbons (Fsp3) is 0.444. The Labute approximate surface area is 150 Å². The largest absolute Gasteiger partial charge is 0.375 e. The molecule has 0 saturated carbocycles. The first-order chi connectivity index (χ1) is 12.5. The summed E-state index contributed by atoms with van der Waals surface area (Å²) in [7, 11) is 1.48. The second-order valence-electron chi connectivity index (χ2n) is 6.53. The molecule has 0 aliphatic carbocycles. The van der Waals surface area contributed by atoms with Gasteiger partial charge in [0.05, 0.1) is 5.69 Å². The highest BCUT2D eigenvalue weighted by atomic mass is 19.2. The Kier molecular flexibility index (Phi) is 5.95. The molecule has 0 unspecified atom stereocenters. The molecule has 0 bridgehead atoms. The molecule has 0 saturated heterocycles. The first-order valence-electron chi connectivity index (χ1n) is 8.47. The predicted molar refractivity (Wildman–Crippen MR) is 91.1 cm³/mol. The van der Waals surface area contributed by atoms with Crippen LogP contribution in [-0.2, 0) is 29.2 Å². The number of rotatable bonds is 6. The summed E-state index contributed by atoms with van der Waals surface area (Å²) in [6.45, 7) is 3.06. The van der Waals surface area contributed by atoms with Crippen LogP contribution < -0.4 is 5.32 Å². The molecule has 2 heterocycles. The molecule has 1 aliphatic rings. The minimum Gasteiger partial charge on any atom is -0.375 e. The van der Waals surface area contributed by atoms with E-state index in [1.54, 1.807) is 12.3 Å². The first kappa shape index (κ1) is 18.5. The minimum absolute atomic E-state index is 0.0261. The van der Waals surface area contributed by atoms with Crippen LogP contribution in [0.2, 0.25) is 0 Å². The van der Waals surface area contributed by atoms with Crippen LogP contribution in [0.4, 0.5) is 8.78 Å². The van der Waals surface area contributed by atoms with Crippen molar-refractivity contribution in [1.29, 1.82) is 0 Å². The number of carbonyl (C=O) groups is 1. The molecule has 1 aromatic carbocycles. The maximum absolute atomic E-state index is 13.5. The number of hydrogen-bond acceptors (Lipinski definition) is 4. The summed E-state index contributed by atoms with van der Waals surface area (Å²) < 4.78 is 33.4. The van der Waals surface area contributed by atoms with Crippen molar-refractivity contribution in [2.45, 2.75) is 19.6 Å². The van der Waals surface area contributed by atoms with Gasteiger partial charge in [-0.2, -0.15) is 5.10 Å². The number of amides is 1. The number of methoxy groups -OCH3 is 1. The number of ether oxygens (including phenoxy) is 1. The number of carbonyl (C=O) groups excluding carboxylic acids is 1. The number of halogens is 2. The van der Waals surface area contributed by atoms with Crippen LogP contribution in [0.3, 0.4) is 0 Å². The lowest BCUT2D eigenvalue weighted by Gasteiger charge is -2.24. The van der Waals surface area contributed by atoms with Gasteiger partial charge in [-0.1, -0.05) is 6.07 Å². The van der Waals surface area contributed by atoms with E-state index in [-0.39, 0.29) is 18.4 Å².